The Morgan fingerprint density at radius 3 is 2.24 bits per heavy atom. The zero-order valence-corrected chi connectivity index (χ0v) is 46.9. The molecule has 5 heterocycles. The van der Waals surface area contributed by atoms with Crippen LogP contribution in [0, 0.1) is 23.2 Å². The number of rotatable bonds is 18. The molecule has 1 aromatic carbocycles. The number of pyridine rings is 1. The van der Waals surface area contributed by atoms with Crippen LogP contribution in [0.3, 0.4) is 0 Å². The van der Waals surface area contributed by atoms with Crippen LogP contribution in [0.5, 0.6) is 0 Å². The van der Waals surface area contributed by atoms with Gasteiger partial charge in [-0.05, 0) is 128 Å². The van der Waals surface area contributed by atoms with Gasteiger partial charge in [-0.2, -0.15) is 5.43 Å². The zero-order valence-electron chi connectivity index (χ0n) is 46.9. The lowest BCUT2D eigenvalue weighted by atomic mass is 9.84. The Hall–Kier alpha value is -5.61. The summed E-state index contributed by atoms with van der Waals surface area (Å²) < 4.78 is 30.6. The Morgan fingerprint density at radius 1 is 0.947 bits per heavy atom. The fourth-order valence-corrected chi connectivity index (χ4v) is 10.5. The number of likely N-dealkylation sites (tertiary alicyclic amines) is 1. The molecule has 0 radical (unpaired) electrons. The van der Waals surface area contributed by atoms with Crippen molar-refractivity contribution in [3.63, 3.8) is 0 Å². The number of aryl methyl sites for hydroxylation is 1. The molecular formula is C57H84FN9O8. The number of likely N-dealkylation sites (N-methyl/N-ethyl adjacent to an activating group) is 1. The fraction of sp³-hybridized carbons (Fsp3) is 0.649. The number of hydrogen-bond acceptors (Lipinski definition) is 12. The number of piperidine rings is 2. The van der Waals surface area contributed by atoms with Gasteiger partial charge in [-0.3, -0.25) is 34.1 Å². The van der Waals surface area contributed by atoms with Gasteiger partial charge in [0.25, 0.3) is 17.7 Å². The van der Waals surface area contributed by atoms with Gasteiger partial charge in [-0.25, -0.2) is 9.18 Å². The minimum Gasteiger partial charge on any atom is -0.462 e. The van der Waals surface area contributed by atoms with E-state index in [0.717, 1.165) is 69.3 Å². The van der Waals surface area contributed by atoms with Gasteiger partial charge >= 0.3 is 5.97 Å². The predicted octanol–water partition coefficient (Wildman–Crippen LogP) is 6.40. The Morgan fingerprint density at radius 2 is 1.63 bits per heavy atom. The molecule has 1 unspecified atom stereocenters. The summed E-state index contributed by atoms with van der Waals surface area (Å²) in [6.07, 6.45) is 5.33. The SMILES string of the molecule is CC[C@H](NC(=O)[C@H](C(C)C)N(C)C(=O)C1(F)CCN(C(=O)C#CC(C)(C)N(C)C)CC1)C(=O)N1CCCC(O)(C(=O)OCC(C)(C)Cc2c(-c3cccnc3[C@H](C)OC)n(CC)c3ccc(N4CCCCC4)cc23)N1. The number of halogens is 1. The van der Waals surface area contributed by atoms with E-state index in [0.29, 0.717) is 13.0 Å². The highest BCUT2D eigenvalue weighted by molar-refractivity contribution is 5.97. The number of aromatic nitrogens is 2. The number of fused-ring (bicyclic) bond motifs is 1. The third-order valence-corrected chi connectivity index (χ3v) is 15.6. The number of nitrogens with zero attached hydrogens (tertiary/aromatic N) is 7. The number of hydrogen-bond donors (Lipinski definition) is 3. The van der Waals surface area contributed by atoms with E-state index in [1.807, 2.05) is 59.7 Å². The summed E-state index contributed by atoms with van der Waals surface area (Å²) in [5.74, 6) is 1.60. The standard InChI is InChI=1S/C57H84FN9O8/c1-14-44(60-50(69)48(38(3)4)63(12)52(71)56(58)27-33-65(34-28-56)46(68)24-26-55(8,9)62(10)11)51(70)67-32-20-25-57(73,61-67)53(72)75-37-54(6,7)36-43-42-35-40(64-30-17-16-18-31-64)22-23-45(42)66(15-2)49(43)41-21-19-29-59-47(41)39(5)74-13/h19,21-23,29,35,38-39,44,48,61,73H,14-18,20,25,27-28,30-34,36-37H2,1-13H3,(H,60,69)/t39-,44-,48-,57?/m0/s1. The topological polar surface area (TPSA) is 182 Å². The molecule has 3 saturated heterocycles. The van der Waals surface area contributed by atoms with Crippen LogP contribution in [0.1, 0.15) is 131 Å². The Labute approximate surface area is 444 Å². The minimum absolute atomic E-state index is 0.0219. The first kappa shape index (κ1) is 58.6. The first-order valence-corrected chi connectivity index (χ1v) is 26.9. The van der Waals surface area contributed by atoms with Crippen molar-refractivity contribution in [2.75, 3.05) is 72.5 Å². The molecule has 18 heteroatoms. The number of hydrazine groups is 1. The van der Waals surface area contributed by atoms with E-state index in [2.05, 4.69) is 63.2 Å². The molecule has 75 heavy (non-hydrogen) atoms. The van der Waals surface area contributed by atoms with Crippen molar-refractivity contribution >= 4 is 46.2 Å². The first-order chi connectivity index (χ1) is 35.3. The van der Waals surface area contributed by atoms with Crippen LogP contribution < -0.4 is 15.6 Å². The van der Waals surface area contributed by atoms with Gasteiger partial charge in [0.05, 0.1) is 29.6 Å². The quantitative estimate of drug-likeness (QED) is 0.0944. The first-order valence-electron chi connectivity index (χ1n) is 26.9. The zero-order chi connectivity index (χ0) is 55.2. The van der Waals surface area contributed by atoms with Crippen molar-refractivity contribution in [3.05, 3.63) is 47.8 Å². The largest absolute Gasteiger partial charge is 0.462 e. The minimum atomic E-state index is -2.33. The van der Waals surface area contributed by atoms with Gasteiger partial charge in [0.15, 0.2) is 5.67 Å². The molecule has 6 rings (SSSR count). The third kappa shape index (κ3) is 13.2. The summed E-state index contributed by atoms with van der Waals surface area (Å²) in [6, 6.07) is 8.45. The normalized spacial score (nSPS) is 19.6. The summed E-state index contributed by atoms with van der Waals surface area (Å²) >= 11 is 0. The number of carbonyl (C=O) groups is 5. The van der Waals surface area contributed by atoms with Crippen molar-refractivity contribution in [2.45, 2.75) is 162 Å². The molecule has 3 fully saturated rings. The number of carbonyl (C=O) groups excluding carboxylic acids is 5. The lowest BCUT2D eigenvalue weighted by Gasteiger charge is -2.41. The van der Waals surface area contributed by atoms with Crippen molar-refractivity contribution in [1.29, 1.82) is 0 Å². The Kier molecular flexibility index (Phi) is 18.9. The molecule has 0 bridgehead atoms. The van der Waals surface area contributed by atoms with Crippen LogP contribution in [0.25, 0.3) is 22.2 Å². The van der Waals surface area contributed by atoms with E-state index in [1.54, 1.807) is 34.1 Å². The lowest BCUT2D eigenvalue weighted by molar-refractivity contribution is -0.189. The number of amides is 4. The average molecular weight is 1040 g/mol. The molecule has 4 amide bonds. The molecule has 3 aliphatic heterocycles. The van der Waals surface area contributed by atoms with E-state index in [4.69, 9.17) is 14.5 Å². The van der Waals surface area contributed by atoms with Crippen LogP contribution in [-0.2, 0) is 46.4 Å². The van der Waals surface area contributed by atoms with Crippen LogP contribution in [0.2, 0.25) is 0 Å². The molecule has 3 aromatic rings. The number of aliphatic hydroxyl groups is 1. The van der Waals surface area contributed by atoms with Gasteiger partial charge in [-0.15, -0.1) is 0 Å². The number of ether oxygens (including phenoxy) is 2. The van der Waals surface area contributed by atoms with Crippen molar-refractivity contribution < 1.29 is 42.9 Å². The Bertz CT molecular complexity index is 2610. The van der Waals surface area contributed by atoms with Crippen LogP contribution >= 0.6 is 0 Å². The highest BCUT2D eigenvalue weighted by atomic mass is 19.1. The highest BCUT2D eigenvalue weighted by Gasteiger charge is 2.48. The van der Waals surface area contributed by atoms with E-state index in [9.17, 15) is 29.1 Å². The molecule has 3 aliphatic rings. The number of nitrogens with one attached hydrogen (secondary N) is 2. The van der Waals surface area contributed by atoms with Gasteiger partial charge < -0.3 is 39.2 Å². The molecule has 3 N–H and O–H groups in total. The van der Waals surface area contributed by atoms with E-state index in [1.165, 1.54) is 24.1 Å². The lowest BCUT2D eigenvalue weighted by Crippen LogP contribution is -2.67. The number of methoxy groups -OCH3 is 1. The second-order valence-corrected chi connectivity index (χ2v) is 22.7. The average Bonchev–Trinajstić information content (AvgIpc) is 3.69. The van der Waals surface area contributed by atoms with E-state index < -0.39 is 69.9 Å². The Balaban J connectivity index is 1.13. The van der Waals surface area contributed by atoms with Gasteiger partial charge in [0.1, 0.15) is 12.1 Å². The monoisotopic (exact) mass is 1040 g/mol. The third-order valence-electron chi connectivity index (χ3n) is 15.6. The number of anilines is 1. The maximum atomic E-state index is 16.5. The maximum absolute atomic E-state index is 16.5. The predicted molar refractivity (Wildman–Crippen MR) is 289 cm³/mol. The smallest absolute Gasteiger partial charge is 0.355 e. The second kappa shape index (κ2) is 24.2. The summed E-state index contributed by atoms with van der Waals surface area (Å²) in [6.45, 7) is 19.8. The molecule has 412 valence electrons. The summed E-state index contributed by atoms with van der Waals surface area (Å²) in [7, 11) is 6.76. The second-order valence-electron chi connectivity index (χ2n) is 22.7. The number of esters is 1. The van der Waals surface area contributed by atoms with E-state index >= 15 is 4.39 Å². The van der Waals surface area contributed by atoms with Crippen molar-refractivity contribution in [3.8, 4) is 23.1 Å². The number of benzene rings is 1. The number of alkyl halides is 1. The van der Waals surface area contributed by atoms with Crippen LogP contribution in [-0.4, -0.2) is 161 Å². The van der Waals surface area contributed by atoms with Gasteiger partial charge in [0.2, 0.25) is 11.6 Å². The summed E-state index contributed by atoms with van der Waals surface area (Å²) in [4.78, 5) is 80.8. The highest BCUT2D eigenvalue weighted by Crippen LogP contribution is 2.42. The fourth-order valence-electron chi connectivity index (χ4n) is 10.5. The van der Waals surface area contributed by atoms with Crippen molar-refractivity contribution in [2.24, 2.45) is 11.3 Å². The molecule has 4 atom stereocenters. The van der Waals surface area contributed by atoms with Crippen molar-refractivity contribution in [1.82, 2.24) is 40.0 Å². The maximum Gasteiger partial charge on any atom is 0.355 e. The molecule has 17 nitrogen and oxygen atoms in total. The molecule has 0 saturated carbocycles. The van der Waals surface area contributed by atoms with Gasteiger partial charge in [-0.1, -0.05) is 40.5 Å². The van der Waals surface area contributed by atoms with Gasteiger partial charge in [0, 0.05) is 106 Å². The van der Waals surface area contributed by atoms with E-state index in [-0.39, 0.29) is 64.4 Å². The van der Waals surface area contributed by atoms with Crippen LogP contribution in [0.15, 0.2) is 36.5 Å². The summed E-state index contributed by atoms with van der Waals surface area (Å²) in [5, 5.41) is 16.9. The van der Waals surface area contributed by atoms with Crippen LogP contribution in [0.4, 0.5) is 10.1 Å². The molecular weight excluding hydrogens is 958 g/mol. The molecule has 0 spiro atoms. The molecule has 0 aliphatic carbocycles. The molecule has 2 aromatic heterocycles. The summed E-state index contributed by atoms with van der Waals surface area (Å²) in [5.41, 5.74) is 3.09.